The van der Waals surface area contributed by atoms with Gasteiger partial charge >= 0.3 is 0 Å². The molecule has 1 rings (SSSR count). The van der Waals surface area contributed by atoms with Crippen LogP contribution in [0.1, 0.15) is 19.5 Å². The molecule has 1 atom stereocenters. The number of anilines is 1. The van der Waals surface area contributed by atoms with Crippen LogP contribution < -0.4 is 5.32 Å². The van der Waals surface area contributed by atoms with Crippen LogP contribution in [-0.4, -0.2) is 16.0 Å². The second kappa shape index (κ2) is 4.69. The standard InChI is InChI=1S/C10H14FN3/c1-4-7(3)14-10-9(11)8(5-2)12-6-13-10/h4,6-7H,1,5H2,2-3H3,(H,12,13,14). The normalized spacial score (nSPS) is 12.2. The highest BCUT2D eigenvalue weighted by Gasteiger charge is 2.09. The van der Waals surface area contributed by atoms with Crippen molar-refractivity contribution in [2.75, 3.05) is 5.32 Å². The Morgan fingerprint density at radius 3 is 2.93 bits per heavy atom. The van der Waals surface area contributed by atoms with Crippen LogP contribution in [0.3, 0.4) is 0 Å². The fraction of sp³-hybridized carbons (Fsp3) is 0.400. The van der Waals surface area contributed by atoms with Gasteiger partial charge in [-0.2, -0.15) is 0 Å². The minimum Gasteiger partial charge on any atom is -0.362 e. The van der Waals surface area contributed by atoms with Gasteiger partial charge in [0.1, 0.15) is 6.33 Å². The van der Waals surface area contributed by atoms with E-state index >= 15 is 0 Å². The lowest BCUT2D eigenvalue weighted by Crippen LogP contribution is -2.15. The molecule has 0 aliphatic rings. The molecule has 1 N–H and O–H groups in total. The first-order chi connectivity index (χ1) is 6.69. The van der Waals surface area contributed by atoms with Crippen LogP contribution in [-0.2, 0) is 6.42 Å². The van der Waals surface area contributed by atoms with Gasteiger partial charge in [-0.05, 0) is 13.3 Å². The highest BCUT2D eigenvalue weighted by molar-refractivity contribution is 5.39. The largest absolute Gasteiger partial charge is 0.362 e. The van der Waals surface area contributed by atoms with Crippen LogP contribution in [0.25, 0.3) is 0 Å². The SMILES string of the molecule is C=CC(C)Nc1ncnc(CC)c1F. The van der Waals surface area contributed by atoms with E-state index in [-0.39, 0.29) is 17.7 Å². The van der Waals surface area contributed by atoms with E-state index in [1.165, 1.54) is 6.33 Å². The zero-order valence-electron chi connectivity index (χ0n) is 8.42. The number of nitrogens with one attached hydrogen (secondary N) is 1. The lowest BCUT2D eigenvalue weighted by molar-refractivity contribution is 0.595. The second-order valence-corrected chi connectivity index (χ2v) is 3.01. The average Bonchev–Trinajstić information content (AvgIpc) is 2.21. The van der Waals surface area contributed by atoms with Gasteiger partial charge in [-0.25, -0.2) is 14.4 Å². The Hall–Kier alpha value is -1.45. The molecule has 0 aromatic carbocycles. The molecular formula is C10H14FN3. The van der Waals surface area contributed by atoms with Gasteiger partial charge in [-0.15, -0.1) is 6.58 Å². The topological polar surface area (TPSA) is 37.8 Å². The molecule has 1 unspecified atom stereocenters. The van der Waals surface area contributed by atoms with Crippen LogP contribution in [0.2, 0.25) is 0 Å². The van der Waals surface area contributed by atoms with Crippen LogP contribution in [0, 0.1) is 5.82 Å². The van der Waals surface area contributed by atoms with E-state index in [2.05, 4.69) is 21.9 Å². The molecule has 1 aromatic rings. The average molecular weight is 195 g/mol. The third-order valence-corrected chi connectivity index (χ3v) is 1.91. The molecule has 14 heavy (non-hydrogen) atoms. The predicted octanol–water partition coefficient (Wildman–Crippen LogP) is 2.16. The van der Waals surface area contributed by atoms with Gasteiger partial charge in [0.2, 0.25) is 0 Å². The summed E-state index contributed by atoms with van der Waals surface area (Å²) in [6.07, 6.45) is 3.61. The van der Waals surface area contributed by atoms with Crippen molar-refractivity contribution >= 4 is 5.82 Å². The van der Waals surface area contributed by atoms with Crippen molar-refractivity contribution in [3.8, 4) is 0 Å². The molecule has 0 fully saturated rings. The molecule has 76 valence electrons. The van der Waals surface area contributed by atoms with Crippen molar-refractivity contribution in [2.24, 2.45) is 0 Å². The van der Waals surface area contributed by atoms with E-state index in [1.54, 1.807) is 6.08 Å². The third-order valence-electron chi connectivity index (χ3n) is 1.91. The highest BCUT2D eigenvalue weighted by atomic mass is 19.1. The first kappa shape index (κ1) is 10.6. The first-order valence-corrected chi connectivity index (χ1v) is 4.57. The van der Waals surface area contributed by atoms with E-state index in [0.717, 1.165) is 0 Å². The Morgan fingerprint density at radius 1 is 1.64 bits per heavy atom. The van der Waals surface area contributed by atoms with Crippen LogP contribution >= 0.6 is 0 Å². The molecule has 0 aliphatic heterocycles. The van der Waals surface area contributed by atoms with Crippen LogP contribution in [0.15, 0.2) is 19.0 Å². The van der Waals surface area contributed by atoms with Crippen LogP contribution in [0.4, 0.5) is 10.2 Å². The zero-order valence-corrected chi connectivity index (χ0v) is 8.42. The summed E-state index contributed by atoms with van der Waals surface area (Å²) in [7, 11) is 0. The number of hydrogen-bond donors (Lipinski definition) is 1. The van der Waals surface area contributed by atoms with Crippen molar-refractivity contribution in [3.63, 3.8) is 0 Å². The van der Waals surface area contributed by atoms with Crippen molar-refractivity contribution < 1.29 is 4.39 Å². The summed E-state index contributed by atoms with van der Waals surface area (Å²) in [4.78, 5) is 7.67. The summed E-state index contributed by atoms with van der Waals surface area (Å²) in [6.45, 7) is 7.33. The number of rotatable bonds is 4. The first-order valence-electron chi connectivity index (χ1n) is 4.57. The minimum absolute atomic E-state index is 0.0101. The molecule has 0 aliphatic carbocycles. The predicted molar refractivity (Wildman–Crippen MR) is 54.6 cm³/mol. The molecule has 0 amide bonds. The smallest absolute Gasteiger partial charge is 0.186 e. The summed E-state index contributed by atoms with van der Waals surface area (Å²) < 4.78 is 13.5. The summed E-state index contributed by atoms with van der Waals surface area (Å²) >= 11 is 0. The highest BCUT2D eigenvalue weighted by Crippen LogP contribution is 2.14. The van der Waals surface area contributed by atoms with E-state index in [9.17, 15) is 4.39 Å². The lowest BCUT2D eigenvalue weighted by Gasteiger charge is -2.11. The zero-order chi connectivity index (χ0) is 10.6. The molecule has 1 heterocycles. The molecule has 4 heteroatoms. The third kappa shape index (κ3) is 2.28. The summed E-state index contributed by atoms with van der Waals surface area (Å²) in [5, 5.41) is 2.89. The number of aryl methyl sites for hydroxylation is 1. The Morgan fingerprint density at radius 2 is 2.36 bits per heavy atom. The number of hydrogen-bond acceptors (Lipinski definition) is 3. The summed E-state index contributed by atoms with van der Waals surface area (Å²) in [5.41, 5.74) is 0.429. The molecule has 0 spiro atoms. The van der Waals surface area contributed by atoms with E-state index in [0.29, 0.717) is 12.1 Å². The summed E-state index contributed by atoms with van der Waals surface area (Å²) in [5.74, 6) is -0.132. The van der Waals surface area contributed by atoms with Gasteiger partial charge in [-0.1, -0.05) is 13.0 Å². The number of halogens is 1. The molecule has 0 saturated carbocycles. The Bertz CT molecular complexity index is 325. The van der Waals surface area contributed by atoms with Crippen LogP contribution in [0.5, 0.6) is 0 Å². The van der Waals surface area contributed by atoms with Crippen molar-refractivity contribution in [1.29, 1.82) is 0 Å². The minimum atomic E-state index is -0.372. The van der Waals surface area contributed by atoms with Crippen molar-refractivity contribution in [3.05, 3.63) is 30.5 Å². The molecule has 0 bridgehead atoms. The van der Waals surface area contributed by atoms with Crippen molar-refractivity contribution in [2.45, 2.75) is 26.3 Å². The number of aromatic nitrogens is 2. The maximum absolute atomic E-state index is 13.5. The molecule has 3 nitrogen and oxygen atoms in total. The lowest BCUT2D eigenvalue weighted by atomic mass is 10.3. The van der Waals surface area contributed by atoms with E-state index < -0.39 is 0 Å². The molecule has 0 saturated heterocycles. The molecule has 1 aromatic heterocycles. The fourth-order valence-corrected chi connectivity index (χ4v) is 1.03. The summed E-state index contributed by atoms with van der Waals surface area (Å²) in [6, 6.07) is -0.0101. The van der Waals surface area contributed by atoms with Gasteiger partial charge < -0.3 is 5.32 Å². The van der Waals surface area contributed by atoms with Gasteiger partial charge in [0.05, 0.1) is 5.69 Å². The maximum Gasteiger partial charge on any atom is 0.186 e. The Balaban J connectivity index is 2.91. The second-order valence-electron chi connectivity index (χ2n) is 3.01. The van der Waals surface area contributed by atoms with E-state index in [1.807, 2.05) is 13.8 Å². The molecular weight excluding hydrogens is 181 g/mol. The maximum atomic E-state index is 13.5. The van der Waals surface area contributed by atoms with E-state index in [4.69, 9.17) is 0 Å². The molecule has 0 radical (unpaired) electrons. The quantitative estimate of drug-likeness (QED) is 0.748. The fourth-order valence-electron chi connectivity index (χ4n) is 1.03. The monoisotopic (exact) mass is 195 g/mol. The van der Waals surface area contributed by atoms with Gasteiger partial charge in [0.15, 0.2) is 11.6 Å². The van der Waals surface area contributed by atoms with Crippen molar-refractivity contribution in [1.82, 2.24) is 9.97 Å². The van der Waals surface area contributed by atoms with Gasteiger partial charge in [-0.3, -0.25) is 0 Å². The Labute approximate surface area is 83.1 Å². The van der Waals surface area contributed by atoms with Gasteiger partial charge in [0.25, 0.3) is 0 Å². The van der Waals surface area contributed by atoms with Gasteiger partial charge in [0, 0.05) is 6.04 Å². The Kier molecular flexibility index (Phi) is 3.56. The number of nitrogens with zero attached hydrogens (tertiary/aromatic N) is 2.